The quantitative estimate of drug-likeness (QED) is 0.718. The van der Waals surface area contributed by atoms with Crippen LogP contribution < -0.4 is 11.1 Å². The molecule has 0 aliphatic heterocycles. The molecule has 1 aromatic carbocycles. The molecule has 0 spiro atoms. The number of para-hydroxylation sites is 1. The van der Waals surface area contributed by atoms with E-state index in [-0.39, 0.29) is 0 Å². The molecule has 3 rings (SSSR count). The van der Waals surface area contributed by atoms with Crippen LogP contribution >= 0.6 is 0 Å². The first-order valence-electron chi connectivity index (χ1n) is 5.65. The lowest BCUT2D eigenvalue weighted by molar-refractivity contribution is 1.30. The van der Waals surface area contributed by atoms with Crippen molar-refractivity contribution in [1.29, 1.82) is 0 Å². The molecule has 3 aromatic rings. The number of nitrogens with two attached hydrogens (primary N) is 1. The number of hydrogen-bond acceptors (Lipinski definition) is 4. The van der Waals surface area contributed by atoms with Gasteiger partial charge in [0.05, 0.1) is 29.3 Å². The standard InChI is InChI=1S/C14H12N4/c15-11-5-6-14(17-8-11)18-12-7-10-3-1-2-4-13(10)16-9-12/h1-9H,15H2,(H,17,18). The Labute approximate surface area is 104 Å². The summed E-state index contributed by atoms with van der Waals surface area (Å²) >= 11 is 0. The van der Waals surface area contributed by atoms with E-state index in [4.69, 9.17) is 5.73 Å². The number of rotatable bonds is 2. The van der Waals surface area contributed by atoms with Crippen LogP contribution in [0.3, 0.4) is 0 Å². The van der Waals surface area contributed by atoms with Gasteiger partial charge in [-0.15, -0.1) is 0 Å². The monoisotopic (exact) mass is 236 g/mol. The molecule has 0 atom stereocenters. The lowest BCUT2D eigenvalue weighted by Gasteiger charge is -2.06. The molecule has 2 aromatic heterocycles. The smallest absolute Gasteiger partial charge is 0.130 e. The zero-order valence-corrected chi connectivity index (χ0v) is 9.67. The maximum atomic E-state index is 5.59. The van der Waals surface area contributed by atoms with Crippen molar-refractivity contribution >= 4 is 28.1 Å². The summed E-state index contributed by atoms with van der Waals surface area (Å²) in [6.07, 6.45) is 3.41. The van der Waals surface area contributed by atoms with Gasteiger partial charge in [0, 0.05) is 5.39 Å². The molecular formula is C14H12N4. The average molecular weight is 236 g/mol. The van der Waals surface area contributed by atoms with Gasteiger partial charge in [-0.05, 0) is 24.3 Å². The average Bonchev–Trinajstić information content (AvgIpc) is 2.41. The highest BCUT2D eigenvalue weighted by atomic mass is 15.0. The van der Waals surface area contributed by atoms with Gasteiger partial charge in [-0.25, -0.2) is 4.98 Å². The van der Waals surface area contributed by atoms with Crippen molar-refractivity contribution in [2.45, 2.75) is 0 Å². The predicted octanol–water partition coefficient (Wildman–Crippen LogP) is 2.96. The Morgan fingerprint density at radius 2 is 1.83 bits per heavy atom. The van der Waals surface area contributed by atoms with Crippen LogP contribution in [0.4, 0.5) is 17.2 Å². The number of fused-ring (bicyclic) bond motifs is 1. The van der Waals surface area contributed by atoms with Crippen LogP contribution in [0.15, 0.2) is 54.9 Å². The van der Waals surface area contributed by atoms with E-state index in [1.54, 1.807) is 12.4 Å². The molecular weight excluding hydrogens is 224 g/mol. The molecule has 0 aliphatic rings. The summed E-state index contributed by atoms with van der Waals surface area (Å²) in [7, 11) is 0. The Morgan fingerprint density at radius 3 is 2.67 bits per heavy atom. The number of hydrogen-bond donors (Lipinski definition) is 2. The molecule has 0 unspecified atom stereocenters. The minimum Gasteiger partial charge on any atom is -0.397 e. The first-order valence-corrected chi connectivity index (χ1v) is 5.65. The molecule has 4 heteroatoms. The Hall–Kier alpha value is -2.62. The van der Waals surface area contributed by atoms with Crippen molar-refractivity contribution in [2.24, 2.45) is 0 Å². The van der Waals surface area contributed by atoms with Gasteiger partial charge in [0.15, 0.2) is 0 Å². The fourth-order valence-corrected chi connectivity index (χ4v) is 1.77. The largest absolute Gasteiger partial charge is 0.397 e. The van der Waals surface area contributed by atoms with Gasteiger partial charge in [0.2, 0.25) is 0 Å². The summed E-state index contributed by atoms with van der Waals surface area (Å²) in [5, 5.41) is 4.29. The van der Waals surface area contributed by atoms with E-state index >= 15 is 0 Å². The van der Waals surface area contributed by atoms with Crippen molar-refractivity contribution in [1.82, 2.24) is 9.97 Å². The topological polar surface area (TPSA) is 63.8 Å². The first-order chi connectivity index (χ1) is 8.81. The van der Waals surface area contributed by atoms with Crippen LogP contribution in [0.2, 0.25) is 0 Å². The molecule has 0 amide bonds. The zero-order valence-electron chi connectivity index (χ0n) is 9.67. The summed E-state index contributed by atoms with van der Waals surface area (Å²) in [5.41, 5.74) is 8.13. The van der Waals surface area contributed by atoms with E-state index in [2.05, 4.69) is 15.3 Å². The van der Waals surface area contributed by atoms with Gasteiger partial charge in [0.1, 0.15) is 5.82 Å². The van der Waals surface area contributed by atoms with Gasteiger partial charge in [-0.2, -0.15) is 0 Å². The Morgan fingerprint density at radius 1 is 0.944 bits per heavy atom. The van der Waals surface area contributed by atoms with Gasteiger partial charge in [0.25, 0.3) is 0 Å². The summed E-state index contributed by atoms with van der Waals surface area (Å²) < 4.78 is 0. The molecule has 2 heterocycles. The third-order valence-electron chi connectivity index (χ3n) is 2.65. The number of nitrogen functional groups attached to an aromatic ring is 1. The maximum absolute atomic E-state index is 5.59. The van der Waals surface area contributed by atoms with Crippen LogP contribution in [0.25, 0.3) is 10.9 Å². The fourth-order valence-electron chi connectivity index (χ4n) is 1.77. The van der Waals surface area contributed by atoms with Gasteiger partial charge >= 0.3 is 0 Å². The lowest BCUT2D eigenvalue weighted by Crippen LogP contribution is -1.95. The van der Waals surface area contributed by atoms with E-state index in [9.17, 15) is 0 Å². The second kappa shape index (κ2) is 4.33. The molecule has 0 fully saturated rings. The molecule has 0 bridgehead atoms. The van der Waals surface area contributed by atoms with Gasteiger partial charge in [-0.3, -0.25) is 4.98 Å². The van der Waals surface area contributed by atoms with Gasteiger partial charge < -0.3 is 11.1 Å². The highest BCUT2D eigenvalue weighted by Gasteiger charge is 1.98. The number of benzene rings is 1. The third-order valence-corrected chi connectivity index (χ3v) is 2.65. The van der Waals surface area contributed by atoms with E-state index in [1.807, 2.05) is 42.5 Å². The summed E-state index contributed by atoms with van der Waals surface area (Å²) in [5.74, 6) is 0.751. The summed E-state index contributed by atoms with van der Waals surface area (Å²) in [6, 6.07) is 13.7. The summed E-state index contributed by atoms with van der Waals surface area (Å²) in [4.78, 5) is 8.57. The molecule has 0 aliphatic carbocycles. The third kappa shape index (κ3) is 2.08. The zero-order chi connectivity index (χ0) is 12.4. The van der Waals surface area contributed by atoms with E-state index in [0.717, 1.165) is 22.4 Å². The fraction of sp³-hybridized carbons (Fsp3) is 0. The van der Waals surface area contributed by atoms with Crippen molar-refractivity contribution < 1.29 is 0 Å². The number of nitrogens with one attached hydrogen (secondary N) is 1. The van der Waals surface area contributed by atoms with Crippen LogP contribution in [-0.4, -0.2) is 9.97 Å². The highest BCUT2D eigenvalue weighted by molar-refractivity contribution is 5.82. The van der Waals surface area contributed by atoms with Crippen molar-refractivity contribution in [3.8, 4) is 0 Å². The SMILES string of the molecule is Nc1ccc(Nc2cnc3ccccc3c2)nc1. The second-order valence-corrected chi connectivity index (χ2v) is 4.02. The second-order valence-electron chi connectivity index (χ2n) is 4.02. The molecule has 88 valence electrons. The van der Waals surface area contributed by atoms with Gasteiger partial charge in [-0.1, -0.05) is 18.2 Å². The van der Waals surface area contributed by atoms with Crippen LogP contribution in [-0.2, 0) is 0 Å². The molecule has 4 nitrogen and oxygen atoms in total. The van der Waals surface area contributed by atoms with E-state index in [0.29, 0.717) is 5.69 Å². The Bertz CT molecular complexity index is 677. The Kier molecular flexibility index (Phi) is 2.53. The molecule has 0 saturated heterocycles. The molecule has 0 radical (unpaired) electrons. The highest BCUT2D eigenvalue weighted by Crippen LogP contribution is 2.19. The molecule has 3 N–H and O–H groups in total. The van der Waals surface area contributed by atoms with Crippen LogP contribution in [0, 0.1) is 0 Å². The molecule has 0 saturated carbocycles. The minimum absolute atomic E-state index is 0.650. The van der Waals surface area contributed by atoms with Crippen molar-refractivity contribution in [3.63, 3.8) is 0 Å². The van der Waals surface area contributed by atoms with E-state index < -0.39 is 0 Å². The maximum Gasteiger partial charge on any atom is 0.130 e. The number of pyridine rings is 2. The predicted molar refractivity (Wildman–Crippen MR) is 73.7 cm³/mol. The van der Waals surface area contributed by atoms with Crippen LogP contribution in [0.1, 0.15) is 0 Å². The van der Waals surface area contributed by atoms with Crippen LogP contribution in [0.5, 0.6) is 0 Å². The van der Waals surface area contributed by atoms with Crippen molar-refractivity contribution in [2.75, 3.05) is 11.1 Å². The lowest BCUT2D eigenvalue weighted by atomic mass is 10.2. The normalized spacial score (nSPS) is 10.4. The number of anilines is 3. The Balaban J connectivity index is 1.92. The number of aromatic nitrogens is 2. The minimum atomic E-state index is 0.650. The van der Waals surface area contributed by atoms with E-state index in [1.165, 1.54) is 0 Å². The number of nitrogens with zero attached hydrogens (tertiary/aromatic N) is 2. The van der Waals surface area contributed by atoms with Crippen molar-refractivity contribution in [3.05, 3.63) is 54.9 Å². The summed E-state index contributed by atoms with van der Waals surface area (Å²) in [6.45, 7) is 0. The first kappa shape index (κ1) is 10.5. The molecule has 18 heavy (non-hydrogen) atoms.